The van der Waals surface area contributed by atoms with Crippen molar-refractivity contribution in [3.05, 3.63) is 95.0 Å². The van der Waals surface area contributed by atoms with Crippen molar-refractivity contribution in [1.29, 1.82) is 0 Å². The molecule has 152 valence electrons. The van der Waals surface area contributed by atoms with Crippen molar-refractivity contribution in [2.75, 3.05) is 5.32 Å². The van der Waals surface area contributed by atoms with E-state index in [2.05, 4.69) is 16.2 Å². The minimum absolute atomic E-state index is 0.226. The number of carbonyl (C=O) groups is 3. The van der Waals surface area contributed by atoms with E-state index in [0.29, 0.717) is 22.6 Å². The predicted octanol–water partition coefficient (Wildman–Crippen LogP) is 3.62. The molecule has 1 aromatic heterocycles. The molecule has 0 aliphatic rings. The van der Waals surface area contributed by atoms with Crippen LogP contribution in [0, 0.1) is 13.8 Å². The smallest absolute Gasteiger partial charge is 0.269 e. The largest absolute Gasteiger partial charge is 0.462 e. The molecule has 0 atom stereocenters. The van der Waals surface area contributed by atoms with E-state index in [1.807, 2.05) is 19.1 Å². The van der Waals surface area contributed by atoms with Crippen LogP contribution in [-0.4, -0.2) is 17.7 Å². The molecule has 3 amide bonds. The van der Waals surface area contributed by atoms with Gasteiger partial charge in [0.25, 0.3) is 17.7 Å². The van der Waals surface area contributed by atoms with Gasteiger partial charge in [0.1, 0.15) is 11.5 Å². The van der Waals surface area contributed by atoms with Gasteiger partial charge in [-0.05, 0) is 68.0 Å². The Bertz CT molecular complexity index is 1100. The molecule has 0 aliphatic carbocycles. The van der Waals surface area contributed by atoms with Crippen LogP contribution >= 0.6 is 0 Å². The van der Waals surface area contributed by atoms with Gasteiger partial charge in [-0.25, -0.2) is 0 Å². The Morgan fingerprint density at radius 1 is 0.833 bits per heavy atom. The van der Waals surface area contributed by atoms with Gasteiger partial charge in [0.15, 0.2) is 0 Å². The van der Waals surface area contributed by atoms with Gasteiger partial charge < -0.3 is 9.73 Å². The van der Waals surface area contributed by atoms with E-state index in [4.69, 9.17) is 4.42 Å². The molecule has 0 unspecified atom stereocenters. The molecule has 7 nitrogen and oxygen atoms in total. The average molecular weight is 403 g/mol. The SMILES string of the molecule is Cc1ccc(/C=C/C(=O)NNC(=O)c2ccc(NC(=O)c3ccccc3C)cc2)o1. The Labute approximate surface area is 173 Å². The minimum atomic E-state index is -0.500. The van der Waals surface area contributed by atoms with Crippen molar-refractivity contribution in [2.45, 2.75) is 13.8 Å². The van der Waals surface area contributed by atoms with Crippen molar-refractivity contribution in [3.63, 3.8) is 0 Å². The maximum Gasteiger partial charge on any atom is 0.269 e. The number of amides is 3. The van der Waals surface area contributed by atoms with Crippen LogP contribution in [0.15, 0.2) is 71.2 Å². The van der Waals surface area contributed by atoms with Crippen molar-refractivity contribution in [2.24, 2.45) is 0 Å². The fourth-order valence-corrected chi connectivity index (χ4v) is 2.66. The zero-order chi connectivity index (χ0) is 21.5. The minimum Gasteiger partial charge on any atom is -0.462 e. The van der Waals surface area contributed by atoms with Gasteiger partial charge in [-0.2, -0.15) is 0 Å². The molecule has 0 radical (unpaired) electrons. The lowest BCUT2D eigenvalue weighted by Crippen LogP contribution is -2.40. The van der Waals surface area contributed by atoms with E-state index < -0.39 is 11.8 Å². The summed E-state index contributed by atoms with van der Waals surface area (Å²) in [6.45, 7) is 3.67. The number of anilines is 1. The first kappa shape index (κ1) is 20.6. The first-order valence-corrected chi connectivity index (χ1v) is 9.24. The molecule has 0 spiro atoms. The quantitative estimate of drug-likeness (QED) is 0.447. The van der Waals surface area contributed by atoms with E-state index in [9.17, 15) is 14.4 Å². The highest BCUT2D eigenvalue weighted by atomic mass is 16.3. The summed E-state index contributed by atoms with van der Waals surface area (Å²) in [5.41, 5.74) is 6.96. The zero-order valence-corrected chi connectivity index (χ0v) is 16.6. The van der Waals surface area contributed by atoms with Crippen LogP contribution in [0.1, 0.15) is 37.8 Å². The fourth-order valence-electron chi connectivity index (χ4n) is 2.66. The Morgan fingerprint density at radius 2 is 1.57 bits per heavy atom. The Morgan fingerprint density at radius 3 is 2.23 bits per heavy atom. The molecule has 7 heteroatoms. The lowest BCUT2D eigenvalue weighted by Gasteiger charge is -2.09. The number of carbonyl (C=O) groups excluding carboxylic acids is 3. The molecule has 0 bridgehead atoms. The molecule has 3 N–H and O–H groups in total. The highest BCUT2D eigenvalue weighted by Gasteiger charge is 2.10. The van der Waals surface area contributed by atoms with Crippen molar-refractivity contribution in [3.8, 4) is 0 Å². The zero-order valence-electron chi connectivity index (χ0n) is 16.6. The summed E-state index contributed by atoms with van der Waals surface area (Å²) >= 11 is 0. The lowest BCUT2D eigenvalue weighted by molar-refractivity contribution is -0.117. The average Bonchev–Trinajstić information content (AvgIpc) is 3.16. The number of hydrogen-bond donors (Lipinski definition) is 3. The number of hydrogen-bond acceptors (Lipinski definition) is 4. The van der Waals surface area contributed by atoms with Crippen LogP contribution in [0.2, 0.25) is 0 Å². The second-order valence-corrected chi connectivity index (χ2v) is 6.57. The molecule has 0 aliphatic heterocycles. The number of nitrogens with one attached hydrogen (secondary N) is 3. The van der Waals surface area contributed by atoms with Crippen LogP contribution in [0.25, 0.3) is 6.08 Å². The third-order valence-electron chi connectivity index (χ3n) is 4.25. The summed E-state index contributed by atoms with van der Waals surface area (Å²) in [7, 11) is 0. The van der Waals surface area contributed by atoms with E-state index in [-0.39, 0.29) is 5.91 Å². The van der Waals surface area contributed by atoms with E-state index >= 15 is 0 Å². The second-order valence-electron chi connectivity index (χ2n) is 6.57. The molecule has 30 heavy (non-hydrogen) atoms. The van der Waals surface area contributed by atoms with E-state index in [1.54, 1.807) is 55.5 Å². The van der Waals surface area contributed by atoms with Gasteiger partial charge in [-0.15, -0.1) is 0 Å². The number of hydrazine groups is 1. The number of aryl methyl sites for hydroxylation is 2. The summed E-state index contributed by atoms with van der Waals surface area (Å²) in [5.74, 6) is 0.0669. The summed E-state index contributed by atoms with van der Waals surface area (Å²) in [6, 6.07) is 17.1. The second kappa shape index (κ2) is 9.38. The maximum absolute atomic E-state index is 12.3. The van der Waals surface area contributed by atoms with Gasteiger partial charge in [-0.1, -0.05) is 18.2 Å². The summed E-state index contributed by atoms with van der Waals surface area (Å²) < 4.78 is 5.32. The van der Waals surface area contributed by atoms with Crippen molar-refractivity contribution >= 4 is 29.5 Å². The van der Waals surface area contributed by atoms with Crippen molar-refractivity contribution < 1.29 is 18.8 Å². The first-order valence-electron chi connectivity index (χ1n) is 9.24. The Balaban J connectivity index is 1.52. The maximum atomic E-state index is 12.3. The molecule has 1 heterocycles. The van der Waals surface area contributed by atoms with Crippen LogP contribution in [-0.2, 0) is 4.79 Å². The number of furan rings is 1. The Kier molecular flexibility index (Phi) is 6.44. The molecule has 0 saturated heterocycles. The highest BCUT2D eigenvalue weighted by Crippen LogP contribution is 2.13. The van der Waals surface area contributed by atoms with Crippen LogP contribution in [0.4, 0.5) is 5.69 Å². The van der Waals surface area contributed by atoms with Crippen LogP contribution < -0.4 is 16.2 Å². The molecular formula is C23H21N3O4. The third kappa shape index (κ3) is 5.45. The molecular weight excluding hydrogens is 382 g/mol. The fraction of sp³-hybridized carbons (Fsp3) is 0.0870. The molecule has 0 fully saturated rings. The van der Waals surface area contributed by atoms with Crippen LogP contribution in [0.5, 0.6) is 0 Å². The molecule has 0 saturated carbocycles. The Hall–Kier alpha value is -4.13. The van der Waals surface area contributed by atoms with Gasteiger partial charge in [-0.3, -0.25) is 25.2 Å². The lowest BCUT2D eigenvalue weighted by atomic mass is 10.1. The van der Waals surface area contributed by atoms with E-state index in [1.165, 1.54) is 12.2 Å². The van der Waals surface area contributed by atoms with Gasteiger partial charge in [0, 0.05) is 22.9 Å². The standard InChI is InChI=1S/C23H21N3O4/c1-15-5-3-4-6-20(15)23(29)24-18-10-8-17(9-11-18)22(28)26-25-21(27)14-13-19-12-7-16(2)30-19/h3-14H,1-2H3,(H,24,29)(H,25,27)(H,26,28)/b14-13+. The predicted molar refractivity (Wildman–Crippen MR) is 114 cm³/mol. The highest BCUT2D eigenvalue weighted by molar-refractivity contribution is 6.05. The number of rotatable bonds is 5. The monoisotopic (exact) mass is 403 g/mol. The number of benzene rings is 2. The summed E-state index contributed by atoms with van der Waals surface area (Å²) in [4.78, 5) is 36.3. The summed E-state index contributed by atoms with van der Waals surface area (Å²) in [6.07, 6.45) is 2.75. The van der Waals surface area contributed by atoms with Crippen LogP contribution in [0.3, 0.4) is 0 Å². The molecule has 2 aromatic carbocycles. The molecule has 3 rings (SSSR count). The van der Waals surface area contributed by atoms with Crippen molar-refractivity contribution in [1.82, 2.24) is 10.9 Å². The van der Waals surface area contributed by atoms with Gasteiger partial charge in [0.2, 0.25) is 0 Å². The first-order chi connectivity index (χ1) is 14.4. The molecule has 3 aromatic rings. The van der Waals surface area contributed by atoms with E-state index in [0.717, 1.165) is 11.3 Å². The van der Waals surface area contributed by atoms with Gasteiger partial charge in [0.05, 0.1) is 0 Å². The van der Waals surface area contributed by atoms with Gasteiger partial charge >= 0.3 is 0 Å². The summed E-state index contributed by atoms with van der Waals surface area (Å²) in [5, 5.41) is 2.79. The normalized spacial score (nSPS) is 10.6. The third-order valence-corrected chi connectivity index (χ3v) is 4.25. The topological polar surface area (TPSA) is 100 Å².